The molecular formula is C13H18BrN3O3. The smallest absolute Gasteiger partial charge is 0.410 e. The number of carbonyl (C=O) groups is 2. The van der Waals surface area contributed by atoms with Crippen molar-refractivity contribution in [2.45, 2.75) is 39.3 Å². The van der Waals surface area contributed by atoms with Gasteiger partial charge in [0, 0.05) is 13.1 Å². The molecule has 20 heavy (non-hydrogen) atoms. The maximum absolute atomic E-state index is 11.8. The van der Waals surface area contributed by atoms with E-state index in [9.17, 15) is 9.59 Å². The van der Waals surface area contributed by atoms with E-state index in [1.807, 2.05) is 27.7 Å². The van der Waals surface area contributed by atoms with E-state index >= 15 is 0 Å². The lowest BCUT2D eigenvalue weighted by atomic mass is 10.1. The van der Waals surface area contributed by atoms with Gasteiger partial charge in [-0.25, -0.2) is 4.79 Å². The third-order valence-electron chi connectivity index (χ3n) is 3.02. The van der Waals surface area contributed by atoms with Gasteiger partial charge < -0.3 is 9.64 Å². The Hall–Kier alpha value is -1.37. The fourth-order valence-corrected chi connectivity index (χ4v) is 2.37. The van der Waals surface area contributed by atoms with Gasteiger partial charge in [-0.2, -0.15) is 5.10 Å². The highest BCUT2D eigenvalue weighted by atomic mass is 79.9. The molecule has 1 saturated heterocycles. The zero-order chi connectivity index (χ0) is 15.1. The van der Waals surface area contributed by atoms with Crippen molar-refractivity contribution in [3.05, 3.63) is 15.9 Å². The number of aryl methyl sites for hydroxylation is 1. The zero-order valence-electron chi connectivity index (χ0n) is 12.0. The van der Waals surface area contributed by atoms with Crippen LogP contribution in [-0.2, 0) is 4.74 Å². The summed E-state index contributed by atoms with van der Waals surface area (Å²) in [6.45, 7) is 8.34. The Labute approximate surface area is 126 Å². The second-order valence-electron chi connectivity index (χ2n) is 5.89. The summed E-state index contributed by atoms with van der Waals surface area (Å²) in [6, 6.07) is 0.0210. The van der Waals surface area contributed by atoms with E-state index in [0.29, 0.717) is 23.3 Å². The lowest BCUT2D eigenvalue weighted by Gasteiger charge is -2.39. The number of hydrogen-bond donors (Lipinski definition) is 0. The fraction of sp³-hybridized carbons (Fsp3) is 0.615. The number of likely N-dealkylation sites (tertiary alicyclic amines) is 1. The van der Waals surface area contributed by atoms with E-state index in [0.717, 1.165) is 12.0 Å². The minimum atomic E-state index is -0.499. The second-order valence-corrected chi connectivity index (χ2v) is 6.68. The minimum Gasteiger partial charge on any atom is -0.444 e. The van der Waals surface area contributed by atoms with Crippen LogP contribution in [0.25, 0.3) is 0 Å². The maximum Gasteiger partial charge on any atom is 0.410 e. The van der Waals surface area contributed by atoms with Gasteiger partial charge in [0.25, 0.3) is 0 Å². The summed E-state index contributed by atoms with van der Waals surface area (Å²) in [5.74, 6) is 0. The molecular weight excluding hydrogens is 326 g/mol. The fourth-order valence-electron chi connectivity index (χ4n) is 2.01. The van der Waals surface area contributed by atoms with Gasteiger partial charge in [0.2, 0.25) is 0 Å². The van der Waals surface area contributed by atoms with Gasteiger partial charge in [-0.3, -0.25) is 9.48 Å². The van der Waals surface area contributed by atoms with Crippen LogP contribution in [0.3, 0.4) is 0 Å². The van der Waals surface area contributed by atoms with Crippen LogP contribution in [0, 0.1) is 6.92 Å². The summed E-state index contributed by atoms with van der Waals surface area (Å²) in [7, 11) is 0. The summed E-state index contributed by atoms with van der Waals surface area (Å²) in [5, 5.41) is 4.33. The van der Waals surface area contributed by atoms with Crippen molar-refractivity contribution in [1.29, 1.82) is 0 Å². The molecule has 1 aliphatic rings. The van der Waals surface area contributed by atoms with Crippen LogP contribution in [0.2, 0.25) is 0 Å². The van der Waals surface area contributed by atoms with Gasteiger partial charge in [-0.15, -0.1) is 0 Å². The third kappa shape index (κ3) is 2.87. The number of carbonyl (C=O) groups excluding carboxylic acids is 2. The van der Waals surface area contributed by atoms with E-state index in [-0.39, 0.29) is 12.1 Å². The van der Waals surface area contributed by atoms with Gasteiger partial charge in [0.1, 0.15) is 11.3 Å². The van der Waals surface area contributed by atoms with Crippen molar-refractivity contribution >= 4 is 28.3 Å². The number of aldehydes is 1. The molecule has 1 aromatic rings. The van der Waals surface area contributed by atoms with Crippen LogP contribution in [0.4, 0.5) is 4.79 Å². The summed E-state index contributed by atoms with van der Waals surface area (Å²) >= 11 is 3.35. The molecule has 0 aromatic carbocycles. The molecule has 0 aliphatic carbocycles. The molecule has 0 radical (unpaired) electrons. The number of nitrogens with zero attached hydrogens (tertiary/aromatic N) is 3. The molecule has 2 heterocycles. The van der Waals surface area contributed by atoms with Crippen LogP contribution in [0.1, 0.15) is 43.0 Å². The van der Waals surface area contributed by atoms with Crippen LogP contribution in [0.15, 0.2) is 4.47 Å². The number of rotatable bonds is 2. The monoisotopic (exact) mass is 343 g/mol. The van der Waals surface area contributed by atoms with Crippen molar-refractivity contribution in [3.8, 4) is 0 Å². The molecule has 7 heteroatoms. The first-order valence-corrected chi connectivity index (χ1v) is 7.20. The molecule has 1 aromatic heterocycles. The summed E-state index contributed by atoms with van der Waals surface area (Å²) in [4.78, 5) is 24.6. The number of aromatic nitrogens is 2. The van der Waals surface area contributed by atoms with Gasteiger partial charge >= 0.3 is 6.09 Å². The number of halogens is 1. The first kappa shape index (κ1) is 15.0. The van der Waals surface area contributed by atoms with E-state index in [1.165, 1.54) is 0 Å². The molecule has 1 amide bonds. The SMILES string of the molecule is Cc1nn(C2CN(C(=O)OC(C)(C)C)C2)c(C=O)c1Br. The average Bonchev–Trinajstić information content (AvgIpc) is 2.50. The Morgan fingerprint density at radius 2 is 2.05 bits per heavy atom. The minimum absolute atomic E-state index is 0.0210. The summed E-state index contributed by atoms with van der Waals surface area (Å²) in [5.41, 5.74) is 0.778. The van der Waals surface area contributed by atoms with Crippen molar-refractivity contribution in [3.63, 3.8) is 0 Å². The number of hydrogen-bond acceptors (Lipinski definition) is 4. The van der Waals surface area contributed by atoms with Gasteiger partial charge in [0.15, 0.2) is 6.29 Å². The van der Waals surface area contributed by atoms with Crippen molar-refractivity contribution in [2.75, 3.05) is 13.1 Å². The molecule has 1 aliphatic heterocycles. The van der Waals surface area contributed by atoms with Crippen molar-refractivity contribution in [2.24, 2.45) is 0 Å². The highest BCUT2D eigenvalue weighted by Gasteiger charge is 2.36. The van der Waals surface area contributed by atoms with Crippen LogP contribution < -0.4 is 0 Å². The second kappa shape index (κ2) is 5.20. The average molecular weight is 344 g/mol. The quantitative estimate of drug-likeness (QED) is 0.774. The Kier molecular flexibility index (Phi) is 3.90. The molecule has 0 bridgehead atoms. The molecule has 1 fully saturated rings. The Bertz CT molecular complexity index is 542. The number of ether oxygens (including phenoxy) is 1. The highest BCUT2D eigenvalue weighted by molar-refractivity contribution is 9.10. The van der Waals surface area contributed by atoms with Crippen LogP contribution in [-0.4, -0.2) is 45.8 Å². The summed E-state index contributed by atoms with van der Waals surface area (Å²) < 4.78 is 7.68. The predicted molar refractivity (Wildman–Crippen MR) is 76.9 cm³/mol. The van der Waals surface area contributed by atoms with E-state index in [1.54, 1.807) is 9.58 Å². The van der Waals surface area contributed by atoms with E-state index in [4.69, 9.17) is 4.74 Å². The maximum atomic E-state index is 11.8. The molecule has 0 N–H and O–H groups in total. The first-order valence-electron chi connectivity index (χ1n) is 6.40. The third-order valence-corrected chi connectivity index (χ3v) is 4.00. The predicted octanol–water partition coefficient (Wildman–Crippen LogP) is 2.56. The number of amides is 1. The molecule has 110 valence electrons. The van der Waals surface area contributed by atoms with Crippen LogP contribution >= 0.6 is 15.9 Å². The van der Waals surface area contributed by atoms with Crippen molar-refractivity contribution in [1.82, 2.24) is 14.7 Å². The topological polar surface area (TPSA) is 64.4 Å². The van der Waals surface area contributed by atoms with E-state index in [2.05, 4.69) is 21.0 Å². The van der Waals surface area contributed by atoms with Gasteiger partial charge in [-0.1, -0.05) is 0 Å². The molecule has 0 unspecified atom stereocenters. The Morgan fingerprint density at radius 3 is 2.55 bits per heavy atom. The van der Waals surface area contributed by atoms with Gasteiger partial charge in [-0.05, 0) is 43.6 Å². The normalized spacial score (nSPS) is 15.9. The summed E-state index contributed by atoms with van der Waals surface area (Å²) in [6.07, 6.45) is 0.449. The lowest BCUT2D eigenvalue weighted by molar-refractivity contribution is -0.000575. The van der Waals surface area contributed by atoms with Crippen LogP contribution in [0.5, 0.6) is 0 Å². The largest absolute Gasteiger partial charge is 0.444 e. The molecule has 6 nitrogen and oxygen atoms in total. The zero-order valence-corrected chi connectivity index (χ0v) is 13.6. The van der Waals surface area contributed by atoms with E-state index < -0.39 is 5.60 Å². The lowest BCUT2D eigenvalue weighted by Crippen LogP contribution is -2.52. The molecule has 0 saturated carbocycles. The Balaban J connectivity index is 2.02. The molecule has 2 rings (SSSR count). The Morgan fingerprint density at radius 1 is 1.45 bits per heavy atom. The highest BCUT2D eigenvalue weighted by Crippen LogP contribution is 2.28. The molecule has 0 atom stereocenters. The molecule has 0 spiro atoms. The van der Waals surface area contributed by atoms with Crippen molar-refractivity contribution < 1.29 is 14.3 Å². The van der Waals surface area contributed by atoms with Gasteiger partial charge in [0.05, 0.1) is 16.2 Å². The standard InChI is InChI=1S/C13H18BrN3O3/c1-8-11(14)10(7-18)17(15-8)9-5-16(6-9)12(19)20-13(2,3)4/h7,9H,5-6H2,1-4H3. The first-order chi connectivity index (χ1) is 9.23.